The van der Waals surface area contributed by atoms with Gasteiger partial charge in [-0.05, 0) is 69.3 Å². The van der Waals surface area contributed by atoms with Crippen molar-refractivity contribution in [1.82, 2.24) is 4.90 Å². The molecule has 2 fully saturated rings. The van der Waals surface area contributed by atoms with E-state index < -0.39 is 26.5 Å². The molecule has 2 aliphatic rings. The van der Waals surface area contributed by atoms with Crippen molar-refractivity contribution >= 4 is 25.9 Å². The Hall–Kier alpha value is -1.81. The molecule has 9 heteroatoms. The third kappa shape index (κ3) is 6.44. The van der Waals surface area contributed by atoms with Crippen LogP contribution in [0.2, 0.25) is 18.6 Å². The molecule has 7 nitrogen and oxygen atoms in total. The van der Waals surface area contributed by atoms with Crippen LogP contribution in [0.15, 0.2) is 24.3 Å². The van der Waals surface area contributed by atoms with Gasteiger partial charge in [0.1, 0.15) is 6.10 Å². The van der Waals surface area contributed by atoms with E-state index in [1.807, 2.05) is 19.1 Å². The fourth-order valence-corrected chi connectivity index (χ4v) is 8.08. The van der Waals surface area contributed by atoms with Gasteiger partial charge in [-0.25, -0.2) is 0 Å². The minimum Gasteiger partial charge on any atom is -0.394 e. The summed E-state index contributed by atoms with van der Waals surface area (Å²) in [6.07, 6.45) is 1.67. The number of nitrogens with one attached hydrogen (secondary N) is 1. The topological polar surface area (TPSA) is 99.1 Å². The zero-order chi connectivity index (χ0) is 25.0. The summed E-state index contributed by atoms with van der Waals surface area (Å²) >= 11 is 0. The molecule has 0 spiro atoms. The normalized spacial score (nSPS) is 28.2. The van der Waals surface area contributed by atoms with E-state index in [4.69, 9.17) is 4.74 Å². The van der Waals surface area contributed by atoms with Crippen LogP contribution >= 0.6 is 0 Å². The van der Waals surface area contributed by atoms with E-state index in [9.17, 15) is 19.8 Å². The second-order valence-electron chi connectivity index (χ2n) is 10.3. The average Bonchev–Trinajstić information content (AvgIpc) is 3.37. The predicted molar refractivity (Wildman–Crippen MR) is 132 cm³/mol. The third-order valence-electron chi connectivity index (χ3n) is 7.30. The first-order valence-electron chi connectivity index (χ1n) is 12.3. The van der Waals surface area contributed by atoms with Crippen LogP contribution in [0, 0.1) is 5.92 Å². The van der Waals surface area contributed by atoms with Crippen LogP contribution in [0.25, 0.3) is 0 Å². The highest BCUT2D eigenvalue weighted by atomic mass is 28.4. The highest BCUT2D eigenvalue weighted by Crippen LogP contribution is 2.47. The van der Waals surface area contributed by atoms with Gasteiger partial charge < -0.3 is 29.3 Å². The van der Waals surface area contributed by atoms with E-state index in [0.717, 1.165) is 31.2 Å². The van der Waals surface area contributed by atoms with Crippen LogP contribution in [0.3, 0.4) is 0 Å². The lowest BCUT2D eigenvalue weighted by Gasteiger charge is -2.30. The Morgan fingerprint density at radius 2 is 1.94 bits per heavy atom. The molecule has 0 bridgehead atoms. The molecule has 2 aliphatic heterocycles. The van der Waals surface area contributed by atoms with Crippen LogP contribution < -0.4 is 5.32 Å². The van der Waals surface area contributed by atoms with Gasteiger partial charge in [0.25, 0.3) is 5.91 Å². The van der Waals surface area contributed by atoms with Gasteiger partial charge in [0, 0.05) is 17.8 Å². The molecular weight excluding hydrogens is 455 g/mol. The van der Waals surface area contributed by atoms with Crippen molar-refractivity contribution in [2.75, 3.05) is 18.5 Å². The Morgan fingerprint density at radius 3 is 2.53 bits per heavy atom. The fourth-order valence-electron chi connectivity index (χ4n) is 5.53. The van der Waals surface area contributed by atoms with Crippen molar-refractivity contribution in [2.45, 2.75) is 88.9 Å². The van der Waals surface area contributed by atoms with Crippen molar-refractivity contribution < 1.29 is 28.6 Å². The van der Waals surface area contributed by atoms with Crippen LogP contribution in [-0.4, -0.2) is 72.8 Å². The maximum atomic E-state index is 15.3. The maximum absolute atomic E-state index is 15.3. The molecule has 1 aromatic rings. The minimum atomic E-state index is -3.07. The average molecular weight is 495 g/mol. The van der Waals surface area contributed by atoms with E-state index >= 15 is 4.11 Å². The van der Waals surface area contributed by atoms with Gasteiger partial charge in [0.15, 0.2) is 0 Å². The summed E-state index contributed by atoms with van der Waals surface area (Å²) in [5.41, 5.74) is 1.43. The van der Waals surface area contributed by atoms with Crippen LogP contribution in [0.5, 0.6) is 0 Å². The first-order chi connectivity index (χ1) is 16.0. The Bertz CT molecular complexity index is 845. The van der Waals surface area contributed by atoms with Crippen LogP contribution in [0.4, 0.5) is 9.80 Å². The fraction of sp³-hybridized carbons (Fsp3) is 0.680. The van der Waals surface area contributed by atoms with Gasteiger partial charge in [-0.1, -0.05) is 19.1 Å². The number of halogens is 1. The summed E-state index contributed by atoms with van der Waals surface area (Å²) in [7, 11) is -3.07. The molecule has 0 saturated carbocycles. The summed E-state index contributed by atoms with van der Waals surface area (Å²) in [6.45, 7) is 7.45. The number of aliphatic hydroxyl groups is 2. The second kappa shape index (κ2) is 11.3. The standard InChI is InChI=1S/C25H39FN2O5Si/c1-16-21(12-9-18-7-10-19(11-8-18)27-25(32)17(2)30)33-22(24(16)34(3,4)26)14-23(31)28-13-5-6-20(28)15-29/h7-8,10-11,16-17,20-22,24,29-30H,5-6,9,12-15H2,1-4H3,(H,27,32)/t16-,17-,20-,21+,22-,24+/m0/s1. The lowest BCUT2D eigenvalue weighted by molar-refractivity contribution is -0.135. The number of hydrogen-bond acceptors (Lipinski definition) is 5. The number of amides is 2. The Morgan fingerprint density at radius 1 is 1.26 bits per heavy atom. The molecule has 2 heterocycles. The van der Waals surface area contributed by atoms with Gasteiger partial charge in [0.2, 0.25) is 14.3 Å². The van der Waals surface area contributed by atoms with E-state index in [1.54, 1.807) is 30.1 Å². The number of ether oxygens (including phenoxy) is 1. The van der Waals surface area contributed by atoms with E-state index in [2.05, 4.69) is 5.32 Å². The number of carbonyl (C=O) groups excluding carboxylic acids is 2. The highest BCUT2D eigenvalue weighted by Gasteiger charge is 2.52. The summed E-state index contributed by atoms with van der Waals surface area (Å²) in [5, 5.41) is 21.5. The molecular formula is C25H39FN2O5Si. The zero-order valence-corrected chi connectivity index (χ0v) is 21.7. The monoisotopic (exact) mass is 494 g/mol. The molecule has 6 atom stereocenters. The van der Waals surface area contributed by atoms with E-state index in [1.165, 1.54) is 6.92 Å². The smallest absolute Gasteiger partial charge is 0.252 e. The van der Waals surface area contributed by atoms with Crippen molar-refractivity contribution in [3.8, 4) is 0 Å². The quantitative estimate of drug-likeness (QED) is 0.362. The molecule has 1 aromatic carbocycles. The van der Waals surface area contributed by atoms with E-state index in [0.29, 0.717) is 12.2 Å². The first kappa shape index (κ1) is 26.8. The SMILES string of the molecule is C[C@@H]1[C@@H]([Si](C)(C)F)[C@H](CC(=O)N2CCC[C@H]2CO)O[C@@H]1CCc1ccc(NC(=O)[C@H](C)O)cc1. The van der Waals surface area contributed by atoms with Gasteiger partial charge in [0.05, 0.1) is 31.3 Å². The number of likely N-dealkylation sites (tertiary alicyclic amines) is 1. The number of carbonyl (C=O) groups is 2. The largest absolute Gasteiger partial charge is 0.394 e. The number of nitrogens with zero attached hydrogens (tertiary/aromatic N) is 1. The number of aliphatic hydroxyl groups excluding tert-OH is 2. The first-order valence-corrected chi connectivity index (χ1v) is 15.3. The number of hydrogen-bond donors (Lipinski definition) is 3. The minimum absolute atomic E-state index is 0.0151. The molecule has 3 rings (SSSR count). The molecule has 0 unspecified atom stereocenters. The van der Waals surface area contributed by atoms with Gasteiger partial charge in [-0.3, -0.25) is 9.59 Å². The number of anilines is 1. The van der Waals surface area contributed by atoms with Gasteiger partial charge in [-0.15, -0.1) is 0 Å². The van der Waals surface area contributed by atoms with Crippen molar-refractivity contribution in [1.29, 1.82) is 0 Å². The van der Waals surface area contributed by atoms with Crippen molar-refractivity contribution in [2.24, 2.45) is 5.92 Å². The Kier molecular flexibility index (Phi) is 8.89. The molecule has 0 aromatic heterocycles. The molecule has 3 N–H and O–H groups in total. The molecule has 2 amide bonds. The highest BCUT2D eigenvalue weighted by molar-refractivity contribution is 6.72. The molecule has 0 radical (unpaired) electrons. The van der Waals surface area contributed by atoms with Gasteiger partial charge >= 0.3 is 0 Å². The zero-order valence-electron chi connectivity index (χ0n) is 20.7. The van der Waals surface area contributed by atoms with Crippen molar-refractivity contribution in [3.05, 3.63) is 29.8 Å². The predicted octanol–water partition coefficient (Wildman–Crippen LogP) is 3.26. The molecule has 34 heavy (non-hydrogen) atoms. The lowest BCUT2D eigenvalue weighted by atomic mass is 9.95. The summed E-state index contributed by atoms with van der Waals surface area (Å²) < 4.78 is 21.7. The van der Waals surface area contributed by atoms with Crippen LogP contribution in [0.1, 0.15) is 45.1 Å². The maximum Gasteiger partial charge on any atom is 0.252 e. The van der Waals surface area contributed by atoms with Crippen molar-refractivity contribution in [3.63, 3.8) is 0 Å². The number of benzene rings is 1. The van der Waals surface area contributed by atoms with E-state index in [-0.39, 0.29) is 42.5 Å². The molecule has 0 aliphatic carbocycles. The second-order valence-corrected chi connectivity index (χ2v) is 14.1. The number of rotatable bonds is 9. The van der Waals surface area contributed by atoms with Gasteiger partial charge in [-0.2, -0.15) is 0 Å². The number of aryl methyl sites for hydroxylation is 1. The molecule has 2 saturated heterocycles. The summed E-state index contributed by atoms with van der Waals surface area (Å²) in [5.74, 6) is -0.487. The summed E-state index contributed by atoms with van der Waals surface area (Å²) in [4.78, 5) is 26.3. The molecule has 190 valence electrons. The Balaban J connectivity index is 1.61. The Labute approximate surface area is 202 Å². The van der Waals surface area contributed by atoms with Crippen LogP contribution in [-0.2, 0) is 20.7 Å². The summed E-state index contributed by atoms with van der Waals surface area (Å²) in [6, 6.07) is 7.30. The lowest BCUT2D eigenvalue weighted by Crippen LogP contribution is -2.42. The third-order valence-corrected chi connectivity index (χ3v) is 9.78.